The number of nitrogens with two attached hydrogens (primary N) is 1. The lowest BCUT2D eigenvalue weighted by molar-refractivity contribution is -0.261. The SMILES string of the molecule is C[C@]1(C(F)(F)F)[C@@H]([C@H](O)c2ccc(F)c(F)c2)O[C@@H](n2ccc3c(N)ncnc32)[C@@H]1O. The number of hydrogen-bond acceptors (Lipinski definition) is 6. The van der Waals surface area contributed by atoms with Gasteiger partial charge in [-0.2, -0.15) is 13.2 Å². The number of fused-ring (bicyclic) bond motifs is 1. The van der Waals surface area contributed by atoms with E-state index in [9.17, 15) is 32.2 Å². The Balaban J connectivity index is 1.81. The summed E-state index contributed by atoms with van der Waals surface area (Å²) in [6, 6.07) is 3.66. The van der Waals surface area contributed by atoms with Crippen LogP contribution in [0.4, 0.5) is 27.8 Å². The molecule has 4 N–H and O–H groups in total. The first-order chi connectivity index (χ1) is 14.5. The summed E-state index contributed by atoms with van der Waals surface area (Å²) in [5.74, 6) is -2.49. The smallest absolute Gasteiger partial charge is 0.387 e. The minimum absolute atomic E-state index is 0.0770. The second-order valence-electron chi connectivity index (χ2n) is 7.51. The van der Waals surface area contributed by atoms with Crippen LogP contribution in [0.25, 0.3) is 11.0 Å². The Hall–Kier alpha value is -2.83. The molecule has 0 aliphatic carbocycles. The van der Waals surface area contributed by atoms with Crippen molar-refractivity contribution >= 4 is 16.9 Å². The predicted octanol–water partition coefficient (Wildman–Crippen LogP) is 2.85. The number of aromatic nitrogens is 3. The Labute approximate surface area is 171 Å². The maximum absolute atomic E-state index is 14.1. The number of hydrogen-bond donors (Lipinski definition) is 3. The molecule has 1 saturated heterocycles. The van der Waals surface area contributed by atoms with E-state index >= 15 is 0 Å². The number of aliphatic hydroxyl groups is 2. The van der Waals surface area contributed by atoms with Crippen molar-refractivity contribution in [3.8, 4) is 0 Å². The van der Waals surface area contributed by atoms with Crippen LogP contribution in [0.3, 0.4) is 0 Å². The van der Waals surface area contributed by atoms with Gasteiger partial charge in [0.2, 0.25) is 0 Å². The minimum Gasteiger partial charge on any atom is -0.387 e. The van der Waals surface area contributed by atoms with E-state index in [2.05, 4.69) is 9.97 Å². The highest BCUT2D eigenvalue weighted by atomic mass is 19.4. The van der Waals surface area contributed by atoms with E-state index in [1.807, 2.05) is 0 Å². The molecule has 1 aliphatic rings. The van der Waals surface area contributed by atoms with Gasteiger partial charge in [-0.1, -0.05) is 6.07 Å². The summed E-state index contributed by atoms with van der Waals surface area (Å²) < 4.78 is 75.9. The average Bonchev–Trinajstić information content (AvgIpc) is 3.24. The standard InChI is InChI=1S/C19H17F5N4O3/c1-18(19(22,23)24)13(30)17(28-5-4-9-15(25)26-7-27-16(9)28)31-14(18)12(29)8-2-3-10(20)11(21)6-8/h2-7,12-14,17,29-30H,1H3,(H2,25,26,27)/t12-,13+,14-,17-,18-/m1/s1. The summed E-state index contributed by atoms with van der Waals surface area (Å²) in [6.07, 6.45) is -10.5. The molecule has 3 heterocycles. The molecule has 2 aromatic heterocycles. The fraction of sp³-hybridized carbons (Fsp3) is 0.368. The highest BCUT2D eigenvalue weighted by Crippen LogP contribution is 2.56. The highest BCUT2D eigenvalue weighted by Gasteiger charge is 2.69. The van der Waals surface area contributed by atoms with Crippen molar-refractivity contribution in [1.82, 2.24) is 14.5 Å². The molecule has 1 aromatic carbocycles. The molecule has 0 amide bonds. The Morgan fingerprint density at radius 1 is 1.19 bits per heavy atom. The molecule has 1 fully saturated rings. The number of nitrogen functional groups attached to an aromatic ring is 1. The molecule has 3 aromatic rings. The van der Waals surface area contributed by atoms with Gasteiger partial charge in [-0.05, 0) is 30.7 Å². The summed E-state index contributed by atoms with van der Waals surface area (Å²) in [4.78, 5) is 7.78. The van der Waals surface area contributed by atoms with E-state index < -0.39 is 47.8 Å². The maximum Gasteiger partial charge on any atom is 0.399 e. The molecule has 0 unspecified atom stereocenters. The van der Waals surface area contributed by atoms with Gasteiger partial charge < -0.3 is 25.3 Å². The Kier molecular flexibility index (Phi) is 4.91. The molecule has 5 atom stereocenters. The van der Waals surface area contributed by atoms with Gasteiger partial charge in [-0.3, -0.25) is 0 Å². The van der Waals surface area contributed by atoms with E-state index in [0.717, 1.165) is 17.0 Å². The fourth-order valence-electron chi connectivity index (χ4n) is 3.85. The number of nitrogens with zero attached hydrogens (tertiary/aromatic N) is 3. The lowest BCUT2D eigenvalue weighted by atomic mass is 9.76. The Morgan fingerprint density at radius 2 is 1.90 bits per heavy atom. The number of halogens is 5. The van der Waals surface area contributed by atoms with Gasteiger partial charge in [0.15, 0.2) is 17.9 Å². The Bertz CT molecular complexity index is 1140. The minimum atomic E-state index is -5.03. The summed E-state index contributed by atoms with van der Waals surface area (Å²) in [6.45, 7) is 0.695. The largest absolute Gasteiger partial charge is 0.399 e. The van der Waals surface area contributed by atoms with Crippen LogP contribution in [0.5, 0.6) is 0 Å². The molecule has 166 valence electrons. The van der Waals surface area contributed by atoms with E-state index in [1.54, 1.807) is 0 Å². The second-order valence-corrected chi connectivity index (χ2v) is 7.51. The van der Waals surface area contributed by atoms with Gasteiger partial charge in [-0.25, -0.2) is 18.7 Å². The molecule has 4 rings (SSSR count). The molecule has 0 saturated carbocycles. The first kappa shape index (κ1) is 21.4. The van der Waals surface area contributed by atoms with E-state index in [-0.39, 0.29) is 17.0 Å². The van der Waals surface area contributed by atoms with Crippen LogP contribution in [-0.2, 0) is 4.74 Å². The zero-order valence-electron chi connectivity index (χ0n) is 15.9. The topological polar surface area (TPSA) is 106 Å². The lowest BCUT2D eigenvalue weighted by Crippen LogP contribution is -2.51. The molecular formula is C19H17F5N4O3. The van der Waals surface area contributed by atoms with Crippen molar-refractivity contribution in [2.75, 3.05) is 5.73 Å². The number of anilines is 1. The van der Waals surface area contributed by atoms with Crippen LogP contribution < -0.4 is 5.73 Å². The van der Waals surface area contributed by atoms with Crippen LogP contribution in [0.1, 0.15) is 24.8 Å². The maximum atomic E-state index is 14.1. The van der Waals surface area contributed by atoms with Crippen molar-refractivity contribution in [1.29, 1.82) is 0 Å². The number of aliphatic hydroxyl groups excluding tert-OH is 2. The van der Waals surface area contributed by atoms with Gasteiger partial charge in [0.05, 0.1) is 5.39 Å². The Morgan fingerprint density at radius 3 is 2.55 bits per heavy atom. The van der Waals surface area contributed by atoms with Crippen LogP contribution in [-0.4, -0.2) is 43.1 Å². The van der Waals surface area contributed by atoms with E-state index in [0.29, 0.717) is 24.4 Å². The number of alkyl halides is 3. The summed E-state index contributed by atoms with van der Waals surface area (Å²) >= 11 is 0. The van der Waals surface area contributed by atoms with E-state index in [1.165, 1.54) is 12.3 Å². The van der Waals surface area contributed by atoms with Crippen LogP contribution in [0, 0.1) is 17.0 Å². The predicted molar refractivity (Wildman–Crippen MR) is 97.3 cm³/mol. The molecule has 1 aliphatic heterocycles. The summed E-state index contributed by atoms with van der Waals surface area (Å²) in [7, 11) is 0. The highest BCUT2D eigenvalue weighted by molar-refractivity contribution is 5.86. The van der Waals surface area contributed by atoms with Gasteiger partial charge in [0, 0.05) is 6.20 Å². The molecule has 0 bridgehead atoms. The van der Waals surface area contributed by atoms with Crippen molar-refractivity contribution in [2.45, 2.75) is 37.6 Å². The zero-order chi connectivity index (χ0) is 22.7. The van der Waals surface area contributed by atoms with Gasteiger partial charge in [0.1, 0.15) is 41.5 Å². The second kappa shape index (κ2) is 7.11. The normalized spacial score (nSPS) is 27.7. The zero-order valence-corrected chi connectivity index (χ0v) is 15.9. The lowest BCUT2D eigenvalue weighted by Gasteiger charge is -2.36. The van der Waals surface area contributed by atoms with Gasteiger partial charge in [0.25, 0.3) is 0 Å². The average molecular weight is 444 g/mol. The third kappa shape index (κ3) is 3.13. The molecular weight excluding hydrogens is 427 g/mol. The monoisotopic (exact) mass is 444 g/mol. The van der Waals surface area contributed by atoms with E-state index in [4.69, 9.17) is 10.5 Å². The van der Waals surface area contributed by atoms with Crippen molar-refractivity contribution in [3.63, 3.8) is 0 Å². The molecule has 31 heavy (non-hydrogen) atoms. The molecule has 7 nitrogen and oxygen atoms in total. The number of ether oxygens (including phenoxy) is 1. The van der Waals surface area contributed by atoms with Gasteiger partial charge in [-0.15, -0.1) is 0 Å². The van der Waals surface area contributed by atoms with Crippen LogP contribution >= 0.6 is 0 Å². The quantitative estimate of drug-likeness (QED) is 0.537. The third-order valence-corrected chi connectivity index (χ3v) is 5.76. The fourth-order valence-corrected chi connectivity index (χ4v) is 3.85. The third-order valence-electron chi connectivity index (χ3n) is 5.76. The van der Waals surface area contributed by atoms with Gasteiger partial charge >= 0.3 is 6.18 Å². The number of rotatable bonds is 3. The van der Waals surface area contributed by atoms with Crippen molar-refractivity contribution in [3.05, 3.63) is 54.0 Å². The summed E-state index contributed by atoms with van der Waals surface area (Å²) in [5, 5.41) is 21.7. The first-order valence-electron chi connectivity index (χ1n) is 9.07. The van der Waals surface area contributed by atoms with Crippen LogP contribution in [0.15, 0.2) is 36.8 Å². The van der Waals surface area contributed by atoms with Crippen LogP contribution in [0.2, 0.25) is 0 Å². The molecule has 0 spiro atoms. The summed E-state index contributed by atoms with van der Waals surface area (Å²) in [5.41, 5.74) is 2.57. The van der Waals surface area contributed by atoms with Crippen molar-refractivity contribution in [2.24, 2.45) is 5.41 Å². The first-order valence-corrected chi connectivity index (χ1v) is 9.07. The molecule has 0 radical (unpaired) electrons. The molecule has 12 heteroatoms. The number of benzene rings is 1. The van der Waals surface area contributed by atoms with Crippen molar-refractivity contribution < 1.29 is 36.9 Å².